The highest BCUT2D eigenvalue weighted by molar-refractivity contribution is 9.10. The molecule has 1 nitrogen and oxygen atoms in total. The molecule has 0 N–H and O–H groups in total. The van der Waals surface area contributed by atoms with E-state index in [0.717, 1.165) is 27.3 Å². The molecule has 0 saturated heterocycles. The van der Waals surface area contributed by atoms with Crippen LogP contribution in [0.1, 0.15) is 5.56 Å². The van der Waals surface area contributed by atoms with Gasteiger partial charge in [0.05, 0.1) is 7.11 Å². The third-order valence-corrected chi connectivity index (χ3v) is 4.80. The molecule has 4 heteroatoms. The van der Waals surface area contributed by atoms with Crippen LogP contribution in [0.3, 0.4) is 0 Å². The van der Waals surface area contributed by atoms with Crippen LogP contribution >= 0.6 is 47.8 Å². The Morgan fingerprint density at radius 2 is 1.93 bits per heavy atom. The second kappa shape index (κ2) is 6.92. The van der Waals surface area contributed by atoms with Gasteiger partial charge in [0, 0.05) is 15.1 Å². The fourth-order valence-electron chi connectivity index (χ4n) is 1.30. The molecule has 1 aromatic carbocycles. The highest BCUT2D eigenvalue weighted by atomic mass is 79.9. The fraction of sp³-hybridized carbons (Fsp3) is 0.455. The van der Waals surface area contributed by atoms with Gasteiger partial charge in [-0.2, -0.15) is 0 Å². The topological polar surface area (TPSA) is 9.23 Å². The van der Waals surface area contributed by atoms with E-state index in [9.17, 15) is 0 Å². The van der Waals surface area contributed by atoms with E-state index >= 15 is 0 Å². The molecule has 0 unspecified atom stereocenters. The van der Waals surface area contributed by atoms with Crippen LogP contribution in [0, 0.1) is 5.92 Å². The predicted octanol–water partition coefficient (Wildman–Crippen LogP) is 4.41. The van der Waals surface area contributed by atoms with Gasteiger partial charge in [-0.25, -0.2) is 0 Å². The molecule has 0 aliphatic heterocycles. The zero-order chi connectivity index (χ0) is 11.3. The third-order valence-electron chi connectivity index (χ3n) is 2.20. The van der Waals surface area contributed by atoms with Gasteiger partial charge in [-0.3, -0.25) is 0 Å². The fourth-order valence-corrected chi connectivity index (χ4v) is 3.23. The van der Waals surface area contributed by atoms with Crippen molar-refractivity contribution in [2.75, 3.05) is 17.8 Å². The monoisotopic (exact) mass is 398 g/mol. The first-order chi connectivity index (χ1) is 7.21. The molecular formula is C11H13Br3O. The highest BCUT2D eigenvalue weighted by Gasteiger charge is 2.10. The van der Waals surface area contributed by atoms with Gasteiger partial charge in [-0.05, 0) is 36.1 Å². The maximum atomic E-state index is 5.21. The van der Waals surface area contributed by atoms with Crippen LogP contribution in [-0.4, -0.2) is 17.8 Å². The first kappa shape index (κ1) is 13.5. The summed E-state index contributed by atoms with van der Waals surface area (Å²) in [5.41, 5.74) is 1.29. The summed E-state index contributed by atoms with van der Waals surface area (Å²) in [6.45, 7) is 0. The highest BCUT2D eigenvalue weighted by Crippen LogP contribution is 2.25. The minimum atomic E-state index is 0.605. The molecule has 84 valence electrons. The van der Waals surface area contributed by atoms with Crippen LogP contribution in [0.25, 0.3) is 0 Å². The van der Waals surface area contributed by atoms with E-state index in [0.29, 0.717) is 5.92 Å². The lowest BCUT2D eigenvalue weighted by Gasteiger charge is -2.12. The summed E-state index contributed by atoms with van der Waals surface area (Å²) in [6.07, 6.45) is 1.04. The van der Waals surface area contributed by atoms with Gasteiger partial charge in [-0.15, -0.1) is 0 Å². The minimum Gasteiger partial charge on any atom is -0.497 e. The first-order valence-corrected chi connectivity index (χ1v) is 7.69. The Hall–Kier alpha value is 0.460. The Bertz CT molecular complexity index is 311. The Morgan fingerprint density at radius 3 is 2.47 bits per heavy atom. The molecule has 0 bridgehead atoms. The summed E-state index contributed by atoms with van der Waals surface area (Å²) >= 11 is 10.6. The molecule has 0 aromatic heterocycles. The molecule has 15 heavy (non-hydrogen) atoms. The van der Waals surface area contributed by atoms with Crippen LogP contribution < -0.4 is 4.74 Å². The van der Waals surface area contributed by atoms with E-state index in [4.69, 9.17) is 4.74 Å². The number of alkyl halides is 2. The maximum Gasteiger partial charge on any atom is 0.119 e. The van der Waals surface area contributed by atoms with Crippen LogP contribution in [0.2, 0.25) is 0 Å². The number of methoxy groups -OCH3 is 1. The Morgan fingerprint density at radius 1 is 1.27 bits per heavy atom. The second-order valence-electron chi connectivity index (χ2n) is 3.34. The quantitative estimate of drug-likeness (QED) is 0.665. The lowest BCUT2D eigenvalue weighted by molar-refractivity contribution is 0.414. The van der Waals surface area contributed by atoms with E-state index in [1.165, 1.54) is 5.56 Å². The van der Waals surface area contributed by atoms with Crippen molar-refractivity contribution < 1.29 is 4.74 Å². The van der Waals surface area contributed by atoms with Gasteiger partial charge in [0.25, 0.3) is 0 Å². The number of benzene rings is 1. The lowest BCUT2D eigenvalue weighted by atomic mass is 10.0. The summed E-state index contributed by atoms with van der Waals surface area (Å²) in [7, 11) is 1.69. The number of hydrogen-bond acceptors (Lipinski definition) is 1. The number of ether oxygens (including phenoxy) is 1. The van der Waals surface area contributed by atoms with Gasteiger partial charge < -0.3 is 4.74 Å². The summed E-state index contributed by atoms with van der Waals surface area (Å²) in [5, 5.41) is 2.00. The number of halogens is 3. The van der Waals surface area contributed by atoms with E-state index < -0.39 is 0 Å². The van der Waals surface area contributed by atoms with Gasteiger partial charge in [0.2, 0.25) is 0 Å². The van der Waals surface area contributed by atoms with E-state index in [1.54, 1.807) is 7.11 Å². The molecule has 0 spiro atoms. The van der Waals surface area contributed by atoms with Gasteiger partial charge in [0.15, 0.2) is 0 Å². The van der Waals surface area contributed by atoms with Crippen LogP contribution in [0.15, 0.2) is 22.7 Å². The lowest BCUT2D eigenvalue weighted by Crippen LogP contribution is -2.08. The molecule has 0 fully saturated rings. The molecule has 1 aromatic rings. The first-order valence-electron chi connectivity index (χ1n) is 4.65. The van der Waals surface area contributed by atoms with Gasteiger partial charge in [0.1, 0.15) is 5.75 Å². The zero-order valence-corrected chi connectivity index (χ0v) is 13.2. The molecule has 0 aliphatic carbocycles. The summed E-state index contributed by atoms with van der Waals surface area (Å²) < 4.78 is 6.36. The summed E-state index contributed by atoms with van der Waals surface area (Å²) in [4.78, 5) is 0. The van der Waals surface area contributed by atoms with Gasteiger partial charge >= 0.3 is 0 Å². The van der Waals surface area contributed by atoms with Crippen molar-refractivity contribution in [1.82, 2.24) is 0 Å². The van der Waals surface area contributed by atoms with Crippen molar-refractivity contribution in [1.29, 1.82) is 0 Å². The molecule has 0 aliphatic rings. The molecule has 0 heterocycles. The van der Waals surface area contributed by atoms with Crippen molar-refractivity contribution in [3.05, 3.63) is 28.2 Å². The van der Waals surface area contributed by atoms with E-state index in [-0.39, 0.29) is 0 Å². The van der Waals surface area contributed by atoms with E-state index in [1.807, 2.05) is 12.1 Å². The molecular weight excluding hydrogens is 388 g/mol. The van der Waals surface area contributed by atoms with Crippen molar-refractivity contribution in [2.24, 2.45) is 5.92 Å². The maximum absolute atomic E-state index is 5.21. The number of rotatable bonds is 5. The average Bonchev–Trinajstić information content (AvgIpc) is 2.28. The Kier molecular flexibility index (Phi) is 6.24. The molecule has 0 amide bonds. The standard InChI is InChI=1S/C11H13Br3O/c1-15-10-2-3-11(14)9(5-10)4-8(6-12)7-13/h2-3,5,8H,4,6-7H2,1H3. The molecule has 1 rings (SSSR count). The SMILES string of the molecule is COc1ccc(Br)c(CC(CBr)CBr)c1. The zero-order valence-electron chi connectivity index (χ0n) is 8.47. The van der Waals surface area contributed by atoms with Crippen LogP contribution in [0.4, 0.5) is 0 Å². The van der Waals surface area contributed by atoms with Crippen LogP contribution in [0.5, 0.6) is 5.75 Å². The van der Waals surface area contributed by atoms with Crippen molar-refractivity contribution in [3.63, 3.8) is 0 Å². The summed E-state index contributed by atoms with van der Waals surface area (Å²) in [6, 6.07) is 6.08. The average molecular weight is 401 g/mol. The molecule has 0 saturated carbocycles. The smallest absolute Gasteiger partial charge is 0.119 e. The normalized spacial score (nSPS) is 10.7. The summed E-state index contributed by atoms with van der Waals surface area (Å²) in [5.74, 6) is 1.52. The van der Waals surface area contributed by atoms with Crippen molar-refractivity contribution in [2.45, 2.75) is 6.42 Å². The van der Waals surface area contributed by atoms with Crippen LogP contribution in [-0.2, 0) is 6.42 Å². The van der Waals surface area contributed by atoms with E-state index in [2.05, 4.69) is 53.9 Å². The molecule has 0 atom stereocenters. The Labute approximate surface area is 116 Å². The van der Waals surface area contributed by atoms with Crippen molar-refractivity contribution in [3.8, 4) is 5.75 Å². The number of hydrogen-bond donors (Lipinski definition) is 0. The third kappa shape index (κ3) is 4.08. The largest absolute Gasteiger partial charge is 0.497 e. The van der Waals surface area contributed by atoms with Gasteiger partial charge in [-0.1, -0.05) is 47.8 Å². The minimum absolute atomic E-state index is 0.605. The predicted molar refractivity (Wildman–Crippen MR) is 75.5 cm³/mol. The Balaban J connectivity index is 2.82. The van der Waals surface area contributed by atoms with Crippen molar-refractivity contribution >= 4 is 47.8 Å². The second-order valence-corrected chi connectivity index (χ2v) is 5.49. The molecule has 0 radical (unpaired) electrons.